The van der Waals surface area contributed by atoms with E-state index in [1.165, 1.54) is 19.3 Å². The fourth-order valence-corrected chi connectivity index (χ4v) is 2.88. The molecule has 0 spiro atoms. The highest BCUT2D eigenvalue weighted by atomic mass is 16.5. The largest absolute Gasteiger partial charge is 0.465 e. The molecule has 1 unspecified atom stereocenters. The van der Waals surface area contributed by atoms with E-state index in [-0.39, 0.29) is 11.5 Å². The van der Waals surface area contributed by atoms with Crippen molar-refractivity contribution in [3.05, 3.63) is 0 Å². The molecule has 0 aliphatic heterocycles. The summed E-state index contributed by atoms with van der Waals surface area (Å²) in [6.07, 6.45) is 8.75. The van der Waals surface area contributed by atoms with Crippen LogP contribution in [0.2, 0.25) is 0 Å². The second-order valence-corrected chi connectivity index (χ2v) is 5.84. The molecule has 0 heterocycles. The predicted octanol–water partition coefficient (Wildman–Crippen LogP) is 3.28. The molecule has 3 nitrogen and oxygen atoms in total. The first-order valence-corrected chi connectivity index (χ1v) is 7.46. The van der Waals surface area contributed by atoms with E-state index in [0.717, 1.165) is 25.7 Å². The summed E-state index contributed by atoms with van der Waals surface area (Å²) >= 11 is 0. The molecule has 1 fully saturated rings. The molecule has 0 radical (unpaired) electrons. The molecule has 1 atom stereocenters. The number of nitrogens with one attached hydrogen (secondary N) is 1. The lowest BCUT2D eigenvalue weighted by Crippen LogP contribution is -2.46. The molecule has 0 aromatic heterocycles. The van der Waals surface area contributed by atoms with E-state index >= 15 is 0 Å². The minimum atomic E-state index is -0.0331. The Kier molecular flexibility index (Phi) is 6.69. The molecule has 1 saturated carbocycles. The van der Waals surface area contributed by atoms with Crippen LogP contribution in [0.1, 0.15) is 65.2 Å². The molecule has 0 amide bonds. The van der Waals surface area contributed by atoms with Crippen molar-refractivity contribution >= 4 is 5.97 Å². The molecule has 18 heavy (non-hydrogen) atoms. The van der Waals surface area contributed by atoms with Gasteiger partial charge in [0.15, 0.2) is 0 Å². The number of ether oxygens (including phenoxy) is 1. The van der Waals surface area contributed by atoms with Crippen molar-refractivity contribution in [2.24, 2.45) is 5.92 Å². The van der Waals surface area contributed by atoms with Crippen LogP contribution in [0.25, 0.3) is 0 Å². The van der Waals surface area contributed by atoms with Crippen LogP contribution in [0.4, 0.5) is 0 Å². The second kappa shape index (κ2) is 7.78. The van der Waals surface area contributed by atoms with Gasteiger partial charge in [-0.25, -0.2) is 0 Å². The van der Waals surface area contributed by atoms with Crippen LogP contribution in [-0.2, 0) is 9.53 Å². The standard InChI is InChI=1S/C15H29NO2/c1-4-8-13(2)12-18-14(17)11-15(16-3)9-6-5-7-10-15/h13,16H,4-12H2,1-3H3. The highest BCUT2D eigenvalue weighted by Gasteiger charge is 2.33. The van der Waals surface area contributed by atoms with Crippen molar-refractivity contribution in [2.75, 3.05) is 13.7 Å². The molecule has 106 valence electrons. The van der Waals surface area contributed by atoms with Crippen molar-refractivity contribution in [3.8, 4) is 0 Å². The summed E-state index contributed by atoms with van der Waals surface area (Å²) in [5, 5.41) is 3.36. The number of carbonyl (C=O) groups is 1. The summed E-state index contributed by atoms with van der Waals surface area (Å²) in [5.41, 5.74) is 0.00330. The van der Waals surface area contributed by atoms with Gasteiger partial charge in [0.25, 0.3) is 0 Å². The first kappa shape index (κ1) is 15.5. The number of rotatable bonds is 7. The van der Waals surface area contributed by atoms with Crippen LogP contribution >= 0.6 is 0 Å². The van der Waals surface area contributed by atoms with E-state index < -0.39 is 0 Å². The average molecular weight is 255 g/mol. The Balaban J connectivity index is 2.33. The zero-order valence-corrected chi connectivity index (χ0v) is 12.3. The smallest absolute Gasteiger partial charge is 0.307 e. The third-order valence-corrected chi connectivity index (χ3v) is 4.13. The lowest BCUT2D eigenvalue weighted by molar-refractivity contribution is -0.147. The Labute approximate surface area is 112 Å². The molecule has 1 N–H and O–H groups in total. The molecule has 0 bridgehead atoms. The van der Waals surface area contributed by atoms with Crippen LogP contribution in [0.15, 0.2) is 0 Å². The molecule has 1 aliphatic carbocycles. The van der Waals surface area contributed by atoms with Gasteiger partial charge >= 0.3 is 5.97 Å². The quantitative estimate of drug-likeness (QED) is 0.709. The Bertz CT molecular complexity index is 247. The fraction of sp³-hybridized carbons (Fsp3) is 0.933. The first-order chi connectivity index (χ1) is 8.62. The molecule has 0 aromatic rings. The van der Waals surface area contributed by atoms with Gasteiger partial charge in [0.05, 0.1) is 13.0 Å². The Hall–Kier alpha value is -0.570. The van der Waals surface area contributed by atoms with Gasteiger partial charge in [0.2, 0.25) is 0 Å². The minimum absolute atomic E-state index is 0.00330. The van der Waals surface area contributed by atoms with Crippen molar-refractivity contribution in [2.45, 2.75) is 70.8 Å². The topological polar surface area (TPSA) is 38.3 Å². The summed E-state index contributed by atoms with van der Waals surface area (Å²) < 4.78 is 5.41. The molecule has 1 aliphatic rings. The van der Waals surface area contributed by atoms with Crippen LogP contribution < -0.4 is 5.32 Å². The third-order valence-electron chi connectivity index (χ3n) is 4.13. The lowest BCUT2D eigenvalue weighted by Gasteiger charge is -2.36. The summed E-state index contributed by atoms with van der Waals surface area (Å²) in [6.45, 7) is 4.88. The molecular weight excluding hydrogens is 226 g/mol. The van der Waals surface area contributed by atoms with E-state index in [2.05, 4.69) is 19.2 Å². The van der Waals surface area contributed by atoms with Crippen LogP contribution in [-0.4, -0.2) is 25.2 Å². The molecule has 0 saturated heterocycles. The Morgan fingerprint density at radius 1 is 1.33 bits per heavy atom. The summed E-state index contributed by atoms with van der Waals surface area (Å²) in [6, 6.07) is 0. The van der Waals surface area contributed by atoms with Crippen molar-refractivity contribution < 1.29 is 9.53 Å². The van der Waals surface area contributed by atoms with Gasteiger partial charge in [-0.15, -0.1) is 0 Å². The van der Waals surface area contributed by atoms with Crippen molar-refractivity contribution in [3.63, 3.8) is 0 Å². The molecule has 0 aromatic carbocycles. The maximum Gasteiger partial charge on any atom is 0.307 e. The SMILES string of the molecule is CCCC(C)COC(=O)CC1(NC)CCCCC1. The summed E-state index contributed by atoms with van der Waals surface area (Å²) in [5.74, 6) is 0.449. The number of esters is 1. The zero-order valence-electron chi connectivity index (χ0n) is 12.3. The summed E-state index contributed by atoms with van der Waals surface area (Å²) in [7, 11) is 1.97. The summed E-state index contributed by atoms with van der Waals surface area (Å²) in [4.78, 5) is 11.9. The van der Waals surface area contributed by atoms with Gasteiger partial charge < -0.3 is 10.1 Å². The first-order valence-electron chi connectivity index (χ1n) is 7.46. The van der Waals surface area contributed by atoms with Gasteiger partial charge in [-0.3, -0.25) is 4.79 Å². The zero-order chi connectivity index (χ0) is 13.4. The van der Waals surface area contributed by atoms with Gasteiger partial charge in [-0.1, -0.05) is 39.5 Å². The molecule has 1 rings (SSSR count). The second-order valence-electron chi connectivity index (χ2n) is 5.84. The van der Waals surface area contributed by atoms with Gasteiger partial charge in [0, 0.05) is 5.54 Å². The predicted molar refractivity (Wildman–Crippen MR) is 74.5 cm³/mol. The highest BCUT2D eigenvalue weighted by molar-refractivity contribution is 5.71. The molecule has 3 heteroatoms. The van der Waals surface area contributed by atoms with E-state index in [9.17, 15) is 4.79 Å². The Morgan fingerprint density at radius 2 is 2.00 bits per heavy atom. The Morgan fingerprint density at radius 3 is 2.56 bits per heavy atom. The maximum atomic E-state index is 11.9. The van der Waals surface area contributed by atoms with Gasteiger partial charge in [0.1, 0.15) is 0 Å². The van der Waals surface area contributed by atoms with Crippen LogP contribution in [0.3, 0.4) is 0 Å². The highest BCUT2D eigenvalue weighted by Crippen LogP contribution is 2.31. The number of carbonyl (C=O) groups excluding carboxylic acids is 1. The van der Waals surface area contributed by atoms with E-state index in [0.29, 0.717) is 18.9 Å². The van der Waals surface area contributed by atoms with E-state index in [1.807, 2.05) is 7.05 Å². The minimum Gasteiger partial charge on any atom is -0.465 e. The fourth-order valence-electron chi connectivity index (χ4n) is 2.88. The van der Waals surface area contributed by atoms with Gasteiger partial charge in [-0.2, -0.15) is 0 Å². The van der Waals surface area contributed by atoms with Crippen molar-refractivity contribution in [1.82, 2.24) is 5.32 Å². The number of hydrogen-bond donors (Lipinski definition) is 1. The molecular formula is C15H29NO2. The van der Waals surface area contributed by atoms with E-state index in [1.54, 1.807) is 0 Å². The van der Waals surface area contributed by atoms with E-state index in [4.69, 9.17) is 4.74 Å². The number of hydrogen-bond acceptors (Lipinski definition) is 3. The van der Waals surface area contributed by atoms with Gasteiger partial charge in [-0.05, 0) is 32.2 Å². The normalized spacial score (nSPS) is 20.4. The van der Waals surface area contributed by atoms with Crippen molar-refractivity contribution in [1.29, 1.82) is 0 Å². The third kappa shape index (κ3) is 4.97. The maximum absolute atomic E-state index is 11.9. The lowest BCUT2D eigenvalue weighted by atomic mass is 9.79. The van der Waals surface area contributed by atoms with Crippen LogP contribution in [0, 0.1) is 5.92 Å². The van der Waals surface area contributed by atoms with Crippen LogP contribution in [0.5, 0.6) is 0 Å². The monoisotopic (exact) mass is 255 g/mol. The average Bonchev–Trinajstić information content (AvgIpc) is 2.38.